The number of fused-ring (bicyclic) bond motifs is 1. The van der Waals surface area contributed by atoms with Crippen molar-refractivity contribution in [3.63, 3.8) is 0 Å². The second-order valence-corrected chi connectivity index (χ2v) is 9.24. The molecular weight excluding hydrogens is 472 g/mol. The van der Waals surface area contributed by atoms with E-state index in [0.29, 0.717) is 13.2 Å². The van der Waals surface area contributed by atoms with Crippen LogP contribution in [0.3, 0.4) is 0 Å². The van der Waals surface area contributed by atoms with Crippen LogP contribution in [0, 0.1) is 0 Å². The van der Waals surface area contributed by atoms with Gasteiger partial charge in [0.05, 0.1) is 26.6 Å². The molecule has 9 heteroatoms. The van der Waals surface area contributed by atoms with Crippen LogP contribution in [0.2, 0.25) is 0 Å². The van der Waals surface area contributed by atoms with Crippen LogP contribution < -0.4 is 10.1 Å². The number of benzene rings is 2. The molecule has 0 spiro atoms. The Morgan fingerprint density at radius 2 is 1.81 bits per heavy atom. The molecule has 0 saturated carbocycles. The molecule has 37 heavy (non-hydrogen) atoms. The van der Waals surface area contributed by atoms with Gasteiger partial charge >= 0.3 is 5.97 Å². The molecule has 1 atom stereocenters. The lowest BCUT2D eigenvalue weighted by Gasteiger charge is -2.43. The minimum Gasteiger partial charge on any atom is -0.494 e. The predicted octanol–water partition coefficient (Wildman–Crippen LogP) is 3.58. The fourth-order valence-corrected chi connectivity index (χ4v) is 4.36. The number of amides is 2. The number of aromatic nitrogens is 2. The SMILES string of the molecule is CCCCOc1ccc(CN2C(=O)c3c(C(=O)OC)ncn3C[C@@]2(C)C(=O)NCc2ccccc2)cc1. The van der Waals surface area contributed by atoms with E-state index in [1.807, 2.05) is 54.6 Å². The van der Waals surface area contributed by atoms with E-state index in [-0.39, 0.29) is 30.4 Å². The van der Waals surface area contributed by atoms with Gasteiger partial charge < -0.3 is 24.3 Å². The third-order valence-electron chi connectivity index (χ3n) is 6.55. The molecule has 0 radical (unpaired) electrons. The number of hydrogen-bond donors (Lipinski definition) is 1. The van der Waals surface area contributed by atoms with Gasteiger partial charge in [-0.05, 0) is 36.6 Å². The zero-order valence-corrected chi connectivity index (χ0v) is 21.4. The highest BCUT2D eigenvalue weighted by atomic mass is 16.5. The number of imidazole rings is 1. The highest BCUT2D eigenvalue weighted by Gasteiger charge is 2.48. The second kappa shape index (κ2) is 11.3. The summed E-state index contributed by atoms with van der Waals surface area (Å²) in [6, 6.07) is 17.0. The van der Waals surface area contributed by atoms with Crippen LogP contribution in [0.15, 0.2) is 60.9 Å². The van der Waals surface area contributed by atoms with E-state index in [1.165, 1.54) is 18.3 Å². The van der Waals surface area contributed by atoms with E-state index in [9.17, 15) is 14.4 Å². The maximum absolute atomic E-state index is 13.8. The number of esters is 1. The first-order valence-corrected chi connectivity index (χ1v) is 12.4. The van der Waals surface area contributed by atoms with Crippen molar-refractivity contribution in [1.29, 1.82) is 0 Å². The summed E-state index contributed by atoms with van der Waals surface area (Å²) in [5.41, 5.74) is 0.584. The molecular formula is C28H32N4O5. The topological polar surface area (TPSA) is 103 Å². The van der Waals surface area contributed by atoms with Gasteiger partial charge in [0.2, 0.25) is 5.91 Å². The lowest BCUT2D eigenvalue weighted by Crippen LogP contribution is -2.63. The quantitative estimate of drug-likeness (QED) is 0.334. The number of nitrogens with zero attached hydrogens (tertiary/aromatic N) is 3. The molecule has 0 unspecified atom stereocenters. The molecule has 0 bridgehead atoms. The van der Waals surface area contributed by atoms with Crippen LogP contribution in [-0.2, 0) is 29.2 Å². The highest BCUT2D eigenvalue weighted by molar-refractivity contribution is 6.06. The summed E-state index contributed by atoms with van der Waals surface area (Å²) in [5, 5.41) is 2.98. The lowest BCUT2D eigenvalue weighted by molar-refractivity contribution is -0.133. The Morgan fingerprint density at radius 1 is 1.08 bits per heavy atom. The van der Waals surface area contributed by atoms with Crippen molar-refractivity contribution < 1.29 is 23.9 Å². The third-order valence-corrected chi connectivity index (χ3v) is 6.55. The molecule has 1 aromatic heterocycles. The Morgan fingerprint density at radius 3 is 2.49 bits per heavy atom. The smallest absolute Gasteiger partial charge is 0.359 e. The Kier molecular flexibility index (Phi) is 7.91. The number of rotatable bonds is 10. The van der Waals surface area contributed by atoms with Crippen molar-refractivity contribution in [2.45, 2.75) is 51.9 Å². The summed E-state index contributed by atoms with van der Waals surface area (Å²) in [4.78, 5) is 45.3. The Labute approximate surface area is 216 Å². The molecule has 3 aromatic rings. The molecule has 0 fully saturated rings. The van der Waals surface area contributed by atoms with Crippen molar-refractivity contribution in [3.05, 3.63) is 83.4 Å². The molecule has 2 heterocycles. The van der Waals surface area contributed by atoms with Crippen LogP contribution in [0.4, 0.5) is 0 Å². The molecule has 2 aromatic carbocycles. The summed E-state index contributed by atoms with van der Waals surface area (Å²) >= 11 is 0. The van der Waals surface area contributed by atoms with Gasteiger partial charge in [-0.2, -0.15) is 0 Å². The number of hydrogen-bond acceptors (Lipinski definition) is 6. The zero-order chi connectivity index (χ0) is 26.4. The first-order chi connectivity index (χ1) is 17.9. The van der Waals surface area contributed by atoms with Gasteiger partial charge in [-0.25, -0.2) is 9.78 Å². The van der Waals surface area contributed by atoms with Gasteiger partial charge in [0.15, 0.2) is 5.69 Å². The van der Waals surface area contributed by atoms with Gasteiger partial charge in [-0.15, -0.1) is 0 Å². The Hall–Kier alpha value is -4.14. The van der Waals surface area contributed by atoms with Crippen molar-refractivity contribution >= 4 is 17.8 Å². The number of unbranched alkanes of at least 4 members (excludes halogenated alkanes) is 1. The lowest BCUT2D eigenvalue weighted by atomic mass is 9.93. The zero-order valence-electron chi connectivity index (χ0n) is 21.4. The van der Waals surface area contributed by atoms with Gasteiger partial charge in [0.25, 0.3) is 5.91 Å². The molecule has 1 N–H and O–H groups in total. The van der Waals surface area contributed by atoms with Crippen molar-refractivity contribution in [2.24, 2.45) is 0 Å². The standard InChI is InChI=1S/C28H32N4O5/c1-4-5-15-37-22-13-11-21(12-14-22)17-32-25(33)24-23(26(34)36-3)30-19-31(24)18-28(32,2)27(35)29-16-20-9-7-6-8-10-20/h6-14,19H,4-5,15-18H2,1-3H3,(H,29,35)/t28-/m0/s1. The minimum absolute atomic E-state index is 0.0658. The van der Waals surface area contributed by atoms with Gasteiger partial charge in [-0.3, -0.25) is 9.59 Å². The van der Waals surface area contributed by atoms with Crippen molar-refractivity contribution in [3.8, 4) is 5.75 Å². The van der Waals surface area contributed by atoms with Gasteiger partial charge in [0.1, 0.15) is 17.0 Å². The number of methoxy groups -OCH3 is 1. The van der Waals surface area contributed by atoms with E-state index in [1.54, 1.807) is 11.5 Å². The van der Waals surface area contributed by atoms with Crippen LogP contribution in [0.1, 0.15) is 58.8 Å². The molecule has 1 aliphatic heterocycles. The summed E-state index contributed by atoms with van der Waals surface area (Å²) in [6.45, 7) is 5.10. The maximum atomic E-state index is 13.8. The molecule has 9 nitrogen and oxygen atoms in total. The van der Waals surface area contributed by atoms with Gasteiger partial charge in [-0.1, -0.05) is 55.8 Å². The molecule has 0 saturated heterocycles. The van der Waals surface area contributed by atoms with Crippen molar-refractivity contribution in [2.75, 3.05) is 13.7 Å². The van der Waals surface area contributed by atoms with Crippen LogP contribution in [0.25, 0.3) is 0 Å². The summed E-state index contributed by atoms with van der Waals surface area (Å²) in [5.74, 6) is -0.725. The molecule has 4 rings (SSSR count). The Balaban J connectivity index is 1.62. The molecule has 0 aliphatic carbocycles. The molecule has 2 amide bonds. The Bertz CT molecular complexity index is 1260. The fourth-order valence-electron chi connectivity index (χ4n) is 4.36. The molecule has 194 valence electrons. The van der Waals surface area contributed by atoms with E-state index in [4.69, 9.17) is 9.47 Å². The normalized spacial score (nSPS) is 16.7. The first kappa shape index (κ1) is 25.9. The average molecular weight is 505 g/mol. The molecule has 1 aliphatic rings. The summed E-state index contributed by atoms with van der Waals surface area (Å²) < 4.78 is 12.1. The summed E-state index contributed by atoms with van der Waals surface area (Å²) in [7, 11) is 1.24. The second-order valence-electron chi connectivity index (χ2n) is 9.24. The number of nitrogens with one attached hydrogen (secondary N) is 1. The number of carbonyl (C=O) groups excluding carboxylic acids is 3. The van der Waals surface area contributed by atoms with E-state index in [0.717, 1.165) is 29.7 Å². The third kappa shape index (κ3) is 5.50. The highest BCUT2D eigenvalue weighted by Crippen LogP contribution is 2.31. The van der Waals surface area contributed by atoms with Crippen LogP contribution in [-0.4, -0.2) is 51.5 Å². The van der Waals surface area contributed by atoms with E-state index in [2.05, 4.69) is 17.2 Å². The van der Waals surface area contributed by atoms with Crippen LogP contribution >= 0.6 is 0 Å². The van der Waals surface area contributed by atoms with Crippen molar-refractivity contribution in [1.82, 2.24) is 19.8 Å². The summed E-state index contributed by atoms with van der Waals surface area (Å²) in [6.07, 6.45) is 3.42. The van der Waals surface area contributed by atoms with E-state index < -0.39 is 17.4 Å². The maximum Gasteiger partial charge on any atom is 0.359 e. The minimum atomic E-state index is -1.23. The van der Waals surface area contributed by atoms with Crippen LogP contribution in [0.5, 0.6) is 5.75 Å². The monoisotopic (exact) mass is 504 g/mol. The first-order valence-electron chi connectivity index (χ1n) is 12.4. The average Bonchev–Trinajstić information content (AvgIpc) is 3.34. The number of ether oxygens (including phenoxy) is 2. The predicted molar refractivity (Wildman–Crippen MR) is 137 cm³/mol. The van der Waals surface area contributed by atoms with E-state index >= 15 is 0 Å². The largest absolute Gasteiger partial charge is 0.494 e. The fraction of sp³-hybridized carbons (Fsp3) is 0.357. The number of carbonyl (C=O) groups is 3. The van der Waals surface area contributed by atoms with Gasteiger partial charge in [0, 0.05) is 13.1 Å².